The van der Waals surface area contributed by atoms with Crippen molar-refractivity contribution in [3.05, 3.63) is 143 Å². The SMILES string of the molecule is CCC(=O)OCCCCCCCCOc1ccc(OCCCCCCCCOC(=O)CC)c(C(=O)OCCCCCCO)c1.CCCCCC1CCC(c2ccc(OC(=O)c3ccc(OCCCCCCCCOC(=O)CC)cc3)cc2)CC1.CCCCCC1CCC(c2ccc(OC(=O)c3ccc(OCCCCCCCOC(=O)CC)cc3)cc2)CC1. The maximum Gasteiger partial charge on any atom is 0.343 e. The number of carbonyl (C=O) groups is 7. The zero-order valence-electron chi connectivity index (χ0n) is 76.4. The molecule has 7 rings (SSSR count). The van der Waals surface area contributed by atoms with E-state index in [4.69, 9.17) is 57.2 Å². The van der Waals surface area contributed by atoms with Crippen molar-refractivity contribution in [3.63, 3.8) is 0 Å². The molecule has 0 heterocycles. The summed E-state index contributed by atoms with van der Waals surface area (Å²) < 4.78 is 60.8. The molecule has 0 unspecified atom stereocenters. The van der Waals surface area contributed by atoms with Gasteiger partial charge >= 0.3 is 41.8 Å². The number of esters is 7. The molecule has 2 fully saturated rings. The first kappa shape index (κ1) is 105. The van der Waals surface area contributed by atoms with Crippen LogP contribution in [-0.4, -0.2) is 113 Å². The van der Waals surface area contributed by atoms with E-state index in [1.165, 1.54) is 114 Å². The van der Waals surface area contributed by atoms with Crippen LogP contribution in [0.4, 0.5) is 0 Å². The summed E-state index contributed by atoms with van der Waals surface area (Å²) in [6.45, 7) is 16.7. The Bertz CT molecular complexity index is 3560. The summed E-state index contributed by atoms with van der Waals surface area (Å²) in [7, 11) is 0. The standard InChI is InChI=1S/C35H58O9.C35H50O5.C34H48O5/c1-3-33(37)42-26-18-12-7-5-10-16-24-40-30-21-22-32(31(29-30)35(39)44-28-20-14-9-15-23-36)41-25-17-11-6-8-13-19-27-43-34(38)4-2;1-3-5-10-13-28-14-16-29(17-15-28)30-18-24-33(25-19-30)40-35(37)31-20-22-32(23-21-31)38-26-11-8-6-7-9-12-27-39-34(36)4-2;1-3-5-9-12-27-13-15-28(16-14-27)29-17-23-32(24-18-29)39-34(36)30-19-21-31(22-20-30)37-25-10-7-6-8-11-26-38-33(35)4-2/h21-22,29,36H,3-20,23-28H2,1-2H3;18-25,28-29H,3-17,26-27H2,1-2H3;17-24,27-28H,3-16,25-26H2,1-2H3. The van der Waals surface area contributed by atoms with E-state index >= 15 is 0 Å². The third kappa shape index (κ3) is 49.2. The van der Waals surface area contributed by atoms with Crippen LogP contribution in [0.3, 0.4) is 0 Å². The molecule has 2 saturated carbocycles. The first-order valence-electron chi connectivity index (χ1n) is 48.1. The molecule has 0 bridgehead atoms. The zero-order valence-corrected chi connectivity index (χ0v) is 76.4. The van der Waals surface area contributed by atoms with Gasteiger partial charge < -0.3 is 57.2 Å². The second kappa shape index (κ2) is 68.8. The van der Waals surface area contributed by atoms with Crippen molar-refractivity contribution in [3.8, 4) is 34.5 Å². The fourth-order valence-electron chi connectivity index (χ4n) is 15.3. The van der Waals surface area contributed by atoms with Crippen molar-refractivity contribution in [2.75, 3.05) is 66.1 Å². The number of rotatable bonds is 64. The normalized spacial score (nSPS) is 14.7. The van der Waals surface area contributed by atoms with Crippen LogP contribution in [0.5, 0.6) is 34.5 Å². The summed E-state index contributed by atoms with van der Waals surface area (Å²) in [5, 5.41) is 8.93. The van der Waals surface area contributed by atoms with Crippen molar-refractivity contribution in [2.24, 2.45) is 11.8 Å². The molecule has 19 nitrogen and oxygen atoms in total. The van der Waals surface area contributed by atoms with Gasteiger partial charge in [-0.15, -0.1) is 0 Å². The van der Waals surface area contributed by atoms with E-state index in [2.05, 4.69) is 38.1 Å². The highest BCUT2D eigenvalue weighted by molar-refractivity contribution is 5.93. The highest BCUT2D eigenvalue weighted by Crippen LogP contribution is 2.40. The Morgan fingerprint density at radius 2 is 0.561 bits per heavy atom. The van der Waals surface area contributed by atoms with Crippen LogP contribution in [0.1, 0.15) is 397 Å². The summed E-state index contributed by atoms with van der Waals surface area (Å²) in [6.07, 6.45) is 50.0. The quantitative estimate of drug-likeness (QED) is 0.0165. The fraction of sp³-hybridized carbons (Fsp3) is 0.644. The van der Waals surface area contributed by atoms with Gasteiger partial charge in [-0.2, -0.15) is 0 Å². The third-order valence-corrected chi connectivity index (χ3v) is 23.1. The van der Waals surface area contributed by atoms with E-state index in [-0.39, 0.29) is 42.4 Å². The summed E-state index contributed by atoms with van der Waals surface area (Å²) in [5.41, 5.74) is 4.13. The van der Waals surface area contributed by atoms with Crippen LogP contribution < -0.4 is 28.4 Å². The largest absolute Gasteiger partial charge is 0.494 e. The molecule has 686 valence electrons. The monoisotopic (exact) mass is 1710 g/mol. The molecule has 1 N–H and O–H groups in total. The van der Waals surface area contributed by atoms with Crippen molar-refractivity contribution in [1.82, 2.24) is 0 Å². The van der Waals surface area contributed by atoms with E-state index in [1.54, 1.807) is 57.2 Å². The average molecular weight is 1710 g/mol. The Morgan fingerprint density at radius 3 is 0.886 bits per heavy atom. The summed E-state index contributed by atoms with van der Waals surface area (Å²) in [4.78, 5) is 82.7. The minimum absolute atomic E-state index is 0.118. The molecule has 0 aromatic heterocycles. The van der Waals surface area contributed by atoms with Crippen molar-refractivity contribution < 1.29 is 90.8 Å². The molecular formula is C104H156O19. The minimum atomic E-state index is -0.416. The van der Waals surface area contributed by atoms with Crippen LogP contribution in [0.2, 0.25) is 0 Å². The topological polar surface area (TPSA) is 241 Å². The summed E-state index contributed by atoms with van der Waals surface area (Å²) in [5.74, 6) is 5.23. The third-order valence-electron chi connectivity index (χ3n) is 23.1. The number of unbranched alkanes of at least 4 members (excludes halogenated alkanes) is 26. The summed E-state index contributed by atoms with van der Waals surface area (Å²) >= 11 is 0. The Kier molecular flexibility index (Phi) is 58.8. The van der Waals surface area contributed by atoms with Crippen LogP contribution in [0.15, 0.2) is 115 Å². The Hall–Kier alpha value is -8.45. The average Bonchev–Trinajstić information content (AvgIpc) is 0.851. The number of aliphatic hydroxyl groups excluding tert-OH is 1. The van der Waals surface area contributed by atoms with Gasteiger partial charge in [-0.3, -0.25) is 19.2 Å². The minimum Gasteiger partial charge on any atom is -0.494 e. The maximum absolute atomic E-state index is 12.9. The number of benzene rings is 5. The van der Waals surface area contributed by atoms with Gasteiger partial charge in [-0.25, -0.2) is 14.4 Å². The lowest BCUT2D eigenvalue weighted by atomic mass is 9.77. The molecule has 0 atom stereocenters. The van der Waals surface area contributed by atoms with Crippen LogP contribution in [0, 0.1) is 11.8 Å². The Balaban J connectivity index is 0.000000328. The fourth-order valence-corrected chi connectivity index (χ4v) is 15.3. The van der Waals surface area contributed by atoms with Crippen LogP contribution in [0.25, 0.3) is 0 Å². The molecule has 0 spiro atoms. The first-order chi connectivity index (χ1) is 60.2. The highest BCUT2D eigenvalue weighted by Gasteiger charge is 2.25. The van der Waals surface area contributed by atoms with Gasteiger partial charge in [0.15, 0.2) is 0 Å². The van der Waals surface area contributed by atoms with E-state index < -0.39 is 5.97 Å². The Labute approximate surface area is 739 Å². The van der Waals surface area contributed by atoms with Gasteiger partial charge in [0.25, 0.3) is 0 Å². The molecule has 0 radical (unpaired) electrons. The van der Waals surface area contributed by atoms with Gasteiger partial charge in [0.1, 0.15) is 40.1 Å². The molecule has 19 heteroatoms. The van der Waals surface area contributed by atoms with Gasteiger partial charge in [0.05, 0.1) is 70.6 Å². The number of aliphatic hydroxyl groups is 1. The van der Waals surface area contributed by atoms with Crippen LogP contribution >= 0.6 is 0 Å². The van der Waals surface area contributed by atoms with Crippen molar-refractivity contribution in [1.29, 1.82) is 0 Å². The molecule has 123 heavy (non-hydrogen) atoms. The number of hydrogen-bond donors (Lipinski definition) is 1. The lowest BCUT2D eigenvalue weighted by Crippen LogP contribution is -2.13. The second-order valence-corrected chi connectivity index (χ2v) is 33.1. The molecule has 0 saturated heterocycles. The number of ether oxygens (including phenoxy) is 11. The lowest BCUT2D eigenvalue weighted by molar-refractivity contribution is -0.144. The van der Waals surface area contributed by atoms with Gasteiger partial charge in [-0.05, 0) is 248 Å². The predicted molar refractivity (Wildman–Crippen MR) is 489 cm³/mol. The molecular weight excluding hydrogens is 1550 g/mol. The molecule has 5 aromatic carbocycles. The van der Waals surface area contributed by atoms with Crippen LogP contribution in [-0.2, 0) is 42.9 Å². The van der Waals surface area contributed by atoms with Gasteiger partial charge in [0.2, 0.25) is 0 Å². The van der Waals surface area contributed by atoms with E-state index in [0.717, 1.165) is 197 Å². The van der Waals surface area contributed by atoms with E-state index in [9.17, 15) is 33.6 Å². The molecule has 0 amide bonds. The molecule has 5 aromatic rings. The molecule has 0 aliphatic heterocycles. The van der Waals surface area contributed by atoms with E-state index in [0.29, 0.717) is 137 Å². The Morgan fingerprint density at radius 1 is 0.276 bits per heavy atom. The lowest BCUT2D eigenvalue weighted by Gasteiger charge is -2.29. The van der Waals surface area contributed by atoms with Gasteiger partial charge in [0, 0.05) is 32.3 Å². The number of carbonyl (C=O) groups excluding carboxylic acids is 7. The molecule has 2 aliphatic carbocycles. The smallest absolute Gasteiger partial charge is 0.343 e. The summed E-state index contributed by atoms with van der Waals surface area (Å²) in [6, 6.07) is 35.9. The second-order valence-electron chi connectivity index (χ2n) is 33.1. The number of hydrogen-bond acceptors (Lipinski definition) is 19. The van der Waals surface area contributed by atoms with Gasteiger partial charge in [-0.1, -0.05) is 220 Å². The first-order valence-corrected chi connectivity index (χ1v) is 48.1. The maximum atomic E-state index is 12.9. The molecule has 2 aliphatic rings. The van der Waals surface area contributed by atoms with Crippen molar-refractivity contribution >= 4 is 41.8 Å². The zero-order chi connectivity index (χ0) is 88.2. The predicted octanol–water partition coefficient (Wildman–Crippen LogP) is 26.2. The van der Waals surface area contributed by atoms with Crippen molar-refractivity contribution in [2.45, 2.75) is 355 Å². The highest BCUT2D eigenvalue weighted by atomic mass is 16.6. The van der Waals surface area contributed by atoms with E-state index in [1.807, 2.05) is 61.5 Å².